The normalized spacial score (nSPS) is 21.8. The molecular formula is C22H27F3N6O3. The third kappa shape index (κ3) is 4.87. The topological polar surface area (TPSA) is 108 Å². The highest BCUT2D eigenvalue weighted by Gasteiger charge is 2.35. The van der Waals surface area contributed by atoms with E-state index < -0.39 is 23.7 Å². The van der Waals surface area contributed by atoms with Crippen LogP contribution in [0, 0.1) is 0 Å². The number of hydrogen-bond donors (Lipinski definition) is 2. The Morgan fingerprint density at radius 3 is 2.41 bits per heavy atom. The predicted octanol–water partition coefficient (Wildman–Crippen LogP) is 2.66. The van der Waals surface area contributed by atoms with Gasteiger partial charge in [0.05, 0.1) is 11.7 Å². The van der Waals surface area contributed by atoms with Crippen molar-refractivity contribution in [2.45, 2.75) is 44.7 Å². The Balaban J connectivity index is 1.47. The Labute approximate surface area is 194 Å². The van der Waals surface area contributed by atoms with E-state index in [2.05, 4.69) is 10.00 Å². The van der Waals surface area contributed by atoms with Gasteiger partial charge in [0.2, 0.25) is 0 Å². The van der Waals surface area contributed by atoms with Crippen LogP contribution in [-0.4, -0.2) is 75.1 Å². The molecular weight excluding hydrogens is 453 g/mol. The van der Waals surface area contributed by atoms with Gasteiger partial charge in [0.15, 0.2) is 5.69 Å². The van der Waals surface area contributed by atoms with Crippen molar-refractivity contribution in [2.75, 3.05) is 31.1 Å². The van der Waals surface area contributed by atoms with Crippen LogP contribution in [-0.2, 0) is 12.7 Å². The van der Waals surface area contributed by atoms with Crippen LogP contribution in [0.5, 0.6) is 0 Å². The van der Waals surface area contributed by atoms with Gasteiger partial charge in [-0.1, -0.05) is 6.07 Å². The molecule has 12 heteroatoms. The minimum atomic E-state index is -4.45. The molecule has 184 valence electrons. The molecule has 9 nitrogen and oxygen atoms in total. The number of carbonyl (C=O) groups is 2. The SMILES string of the molecule is C[C@H]1CC[C@H](N)N1c1cc(C(F)(F)F)ccc1CN1CCN(C(=O)n2ccc(C(=O)O)n2)CC1. The van der Waals surface area contributed by atoms with E-state index in [0.717, 1.165) is 22.7 Å². The number of rotatable bonds is 4. The number of aromatic nitrogens is 2. The van der Waals surface area contributed by atoms with Crippen molar-refractivity contribution in [1.82, 2.24) is 19.6 Å². The lowest BCUT2D eigenvalue weighted by atomic mass is 10.1. The second kappa shape index (κ2) is 9.26. The summed E-state index contributed by atoms with van der Waals surface area (Å²) >= 11 is 0. The average molecular weight is 480 g/mol. The maximum atomic E-state index is 13.4. The maximum Gasteiger partial charge on any atom is 0.416 e. The summed E-state index contributed by atoms with van der Waals surface area (Å²) in [5, 5.41) is 12.8. The first-order valence-corrected chi connectivity index (χ1v) is 11.1. The second-order valence-electron chi connectivity index (χ2n) is 8.74. The third-order valence-corrected chi connectivity index (χ3v) is 6.44. The van der Waals surface area contributed by atoms with Gasteiger partial charge in [0, 0.05) is 50.6 Å². The molecule has 0 bridgehead atoms. The number of carbonyl (C=O) groups excluding carboxylic acids is 1. The largest absolute Gasteiger partial charge is 0.476 e. The number of amides is 1. The van der Waals surface area contributed by atoms with Crippen LogP contribution in [0.1, 0.15) is 41.4 Å². The molecule has 4 rings (SSSR count). The summed E-state index contributed by atoms with van der Waals surface area (Å²) in [5.41, 5.74) is 6.58. The molecule has 0 aliphatic carbocycles. The Morgan fingerprint density at radius 2 is 1.85 bits per heavy atom. The van der Waals surface area contributed by atoms with Gasteiger partial charge < -0.3 is 20.6 Å². The van der Waals surface area contributed by atoms with Crippen LogP contribution in [0.3, 0.4) is 0 Å². The number of halogens is 3. The van der Waals surface area contributed by atoms with Gasteiger partial charge >= 0.3 is 18.2 Å². The fourth-order valence-corrected chi connectivity index (χ4v) is 4.57. The standard InChI is InChI=1S/C22H27F3N6O3/c1-14-2-5-19(26)31(14)18-12-16(22(23,24)25)4-3-15(18)13-28-8-10-29(11-9-28)21(34)30-7-6-17(27-30)20(32)33/h3-4,6-7,12,14,19H,2,5,8-11,13,26H2,1H3,(H,32,33)/t14-,19+/m0/s1. The highest BCUT2D eigenvalue weighted by molar-refractivity contribution is 5.86. The smallest absolute Gasteiger partial charge is 0.416 e. The number of carboxylic acid groups (broad SMARTS) is 1. The summed E-state index contributed by atoms with van der Waals surface area (Å²) in [7, 11) is 0. The number of piperazine rings is 1. The van der Waals surface area contributed by atoms with Crippen molar-refractivity contribution in [2.24, 2.45) is 5.73 Å². The molecule has 1 aromatic heterocycles. The van der Waals surface area contributed by atoms with Crippen LogP contribution >= 0.6 is 0 Å². The van der Waals surface area contributed by atoms with Gasteiger partial charge in [-0.25, -0.2) is 9.59 Å². The number of carboxylic acids is 1. The van der Waals surface area contributed by atoms with Crippen LogP contribution in [0.2, 0.25) is 0 Å². The lowest BCUT2D eigenvalue weighted by Crippen LogP contribution is -2.49. The molecule has 2 atom stereocenters. The van der Waals surface area contributed by atoms with Crippen LogP contribution in [0.15, 0.2) is 30.5 Å². The summed E-state index contributed by atoms with van der Waals surface area (Å²) in [6.07, 6.45) is -1.94. The van der Waals surface area contributed by atoms with E-state index >= 15 is 0 Å². The van der Waals surface area contributed by atoms with Gasteiger partial charge in [-0.05, 0) is 43.5 Å². The predicted molar refractivity (Wildman–Crippen MR) is 117 cm³/mol. The minimum Gasteiger partial charge on any atom is -0.476 e. The quantitative estimate of drug-likeness (QED) is 0.693. The number of benzene rings is 1. The Kier molecular flexibility index (Phi) is 6.54. The first-order chi connectivity index (χ1) is 16.0. The number of nitrogens with two attached hydrogens (primary N) is 1. The van der Waals surface area contributed by atoms with E-state index in [0.29, 0.717) is 44.8 Å². The monoisotopic (exact) mass is 480 g/mol. The molecule has 1 amide bonds. The number of alkyl halides is 3. The van der Waals surface area contributed by atoms with Gasteiger partial charge in [0.1, 0.15) is 0 Å². The molecule has 0 saturated carbocycles. The Hall–Kier alpha value is -3.12. The second-order valence-corrected chi connectivity index (χ2v) is 8.74. The zero-order chi connectivity index (χ0) is 24.6. The van der Waals surface area contributed by atoms with E-state index in [4.69, 9.17) is 10.8 Å². The van der Waals surface area contributed by atoms with Gasteiger partial charge in [-0.2, -0.15) is 23.0 Å². The van der Waals surface area contributed by atoms with E-state index in [-0.39, 0.29) is 17.9 Å². The van der Waals surface area contributed by atoms with Gasteiger partial charge in [-0.3, -0.25) is 4.90 Å². The van der Waals surface area contributed by atoms with E-state index in [1.807, 2.05) is 11.8 Å². The first-order valence-electron chi connectivity index (χ1n) is 11.1. The summed E-state index contributed by atoms with van der Waals surface area (Å²) in [5.74, 6) is -1.21. The minimum absolute atomic E-state index is 0.0384. The van der Waals surface area contributed by atoms with Crippen molar-refractivity contribution in [3.05, 3.63) is 47.3 Å². The summed E-state index contributed by atoms with van der Waals surface area (Å²) in [6, 6.07) is 4.68. The lowest BCUT2D eigenvalue weighted by Gasteiger charge is -2.36. The summed E-state index contributed by atoms with van der Waals surface area (Å²) < 4.78 is 41.2. The molecule has 2 saturated heterocycles. The molecule has 3 heterocycles. The van der Waals surface area contributed by atoms with Crippen LogP contribution < -0.4 is 10.6 Å². The van der Waals surface area contributed by atoms with Crippen molar-refractivity contribution >= 4 is 17.7 Å². The van der Waals surface area contributed by atoms with Gasteiger partial charge in [-0.15, -0.1) is 0 Å². The van der Waals surface area contributed by atoms with Crippen LogP contribution in [0.25, 0.3) is 0 Å². The molecule has 3 N–H and O–H groups in total. The number of aromatic carboxylic acids is 1. The highest BCUT2D eigenvalue weighted by atomic mass is 19.4. The van der Waals surface area contributed by atoms with E-state index in [1.165, 1.54) is 24.4 Å². The Bertz CT molecular complexity index is 1050. The fraction of sp³-hybridized carbons (Fsp3) is 0.500. The maximum absolute atomic E-state index is 13.4. The zero-order valence-corrected chi connectivity index (χ0v) is 18.7. The molecule has 2 fully saturated rings. The summed E-state index contributed by atoms with van der Waals surface area (Å²) in [6.45, 7) is 4.19. The molecule has 1 aromatic carbocycles. The Morgan fingerprint density at radius 1 is 1.15 bits per heavy atom. The highest BCUT2D eigenvalue weighted by Crippen LogP contribution is 2.37. The first kappa shape index (κ1) is 24.0. The average Bonchev–Trinajstić information content (AvgIpc) is 3.41. The molecule has 34 heavy (non-hydrogen) atoms. The van der Waals surface area contributed by atoms with Crippen molar-refractivity contribution in [3.8, 4) is 0 Å². The molecule has 2 aliphatic rings. The summed E-state index contributed by atoms with van der Waals surface area (Å²) in [4.78, 5) is 29.1. The number of anilines is 1. The number of hydrogen-bond acceptors (Lipinski definition) is 6. The molecule has 0 radical (unpaired) electrons. The molecule has 0 spiro atoms. The van der Waals surface area contributed by atoms with E-state index in [9.17, 15) is 22.8 Å². The third-order valence-electron chi connectivity index (χ3n) is 6.44. The molecule has 0 unspecified atom stereocenters. The van der Waals surface area contributed by atoms with Crippen molar-refractivity contribution < 1.29 is 27.9 Å². The van der Waals surface area contributed by atoms with Crippen LogP contribution in [0.4, 0.5) is 23.7 Å². The molecule has 2 aromatic rings. The zero-order valence-electron chi connectivity index (χ0n) is 18.7. The molecule has 2 aliphatic heterocycles. The number of nitrogens with zero attached hydrogens (tertiary/aromatic N) is 5. The van der Waals surface area contributed by atoms with Crippen molar-refractivity contribution in [3.63, 3.8) is 0 Å². The lowest BCUT2D eigenvalue weighted by molar-refractivity contribution is -0.137. The van der Waals surface area contributed by atoms with Crippen molar-refractivity contribution in [1.29, 1.82) is 0 Å². The fourth-order valence-electron chi connectivity index (χ4n) is 4.57. The van der Waals surface area contributed by atoms with E-state index in [1.54, 1.807) is 4.90 Å². The van der Waals surface area contributed by atoms with Gasteiger partial charge in [0.25, 0.3) is 0 Å².